The maximum absolute atomic E-state index is 6.97. The molecular weight excluding hydrogens is 921 g/mol. The molecule has 0 spiro atoms. The van der Waals surface area contributed by atoms with E-state index in [1.807, 2.05) is 0 Å². The Morgan fingerprint density at radius 3 is 0.333 bits per heavy atom. The maximum Gasteiger partial charge on any atom is 0.161 e. The van der Waals surface area contributed by atoms with E-state index in [4.69, 9.17) is 66.3 Å². The highest BCUT2D eigenvalue weighted by Gasteiger charge is 2.54. The molecule has 0 aromatic heterocycles. The van der Waals surface area contributed by atoms with Crippen LogP contribution in [0.25, 0.3) is 0 Å². The summed E-state index contributed by atoms with van der Waals surface area (Å²) in [6.45, 7) is 46.0. The minimum atomic E-state index is -0.419. The fraction of sp³-hybridized carbons (Fsp3) is 1.00. The molecule has 0 aliphatic carbocycles. The molecule has 0 N–H and O–H groups in total. The van der Waals surface area contributed by atoms with Crippen molar-refractivity contribution in [2.24, 2.45) is 82.9 Å². The van der Waals surface area contributed by atoms with Crippen LogP contribution in [-0.2, 0) is 66.3 Å². The predicted molar refractivity (Wildman–Crippen MR) is 276 cm³/mol. The lowest BCUT2D eigenvalue weighted by atomic mass is 9.81. The van der Waals surface area contributed by atoms with E-state index in [1.165, 1.54) is 0 Å². The Labute approximate surface area is 437 Å². The second-order valence-electron chi connectivity index (χ2n) is 24.7. The van der Waals surface area contributed by atoms with Gasteiger partial charge in [0, 0.05) is 41.4 Å². The first-order valence-electron chi connectivity index (χ1n) is 28.1. The summed E-state index contributed by atoms with van der Waals surface area (Å²) in [5.74, 6) is 1.37. The molecule has 21 fully saturated rings. The van der Waals surface area contributed by atoms with Gasteiger partial charge in [-0.1, -0.05) is 112 Å². The van der Waals surface area contributed by atoms with E-state index in [9.17, 15) is 0 Å². The lowest BCUT2D eigenvalue weighted by molar-refractivity contribution is -0.364. The Morgan fingerprint density at radius 1 is 0.139 bits per heavy atom. The molecule has 72 heavy (non-hydrogen) atoms. The lowest BCUT2D eigenvalue weighted by Gasteiger charge is -2.51. The Kier molecular flexibility index (Phi) is 20.4. The van der Waals surface area contributed by atoms with Crippen molar-refractivity contribution < 1.29 is 66.3 Å². The monoisotopic (exact) mass is 1030 g/mol. The highest BCUT2D eigenvalue weighted by Crippen LogP contribution is 2.46. The van der Waals surface area contributed by atoms with Crippen LogP contribution in [0.2, 0.25) is 0 Å². The number of rotatable bonds is 0. The van der Waals surface area contributed by atoms with Crippen LogP contribution in [0.3, 0.4) is 0 Å². The molecule has 0 amide bonds. The highest BCUT2D eigenvalue weighted by atomic mass is 16.8. The predicted octanol–water partition coefficient (Wildman–Crippen LogP) is 11.1. The van der Waals surface area contributed by atoms with E-state index >= 15 is 0 Å². The third kappa shape index (κ3) is 11.6. The number of hydrogen-bond acceptors (Lipinski definition) is 14. The largest absolute Gasteiger partial charge is 0.347 e. The standard InChI is InChI=1S/C56H98O14.2CH4/c1-22-29(8)50-57-36(15)43(22)64-51-30(9)23(2)45(38(17)58-51)66-53-32(11)25(4)47(40(19)60-53)68-55-34(13)27(6)49(42(21)62-55)70-56-35(14)28(7)48(41(20)63-56)69-54-33(12)26(5)46(39(18)61-54)67-52-31(10)24(3)44(65-50)37(16)59-52;;/h22-56H,1-21H3;2*1H4. The molecular formula is C58H106O14. The third-order valence-electron chi connectivity index (χ3n) is 20.2. The highest BCUT2D eigenvalue weighted by molar-refractivity contribution is 4.96. The van der Waals surface area contributed by atoms with E-state index in [1.54, 1.807) is 0 Å². The smallest absolute Gasteiger partial charge is 0.161 e. The van der Waals surface area contributed by atoms with Gasteiger partial charge in [-0.15, -0.1) is 0 Å². The minimum absolute atomic E-state index is 0. The molecule has 0 aromatic rings. The molecule has 14 bridgehead atoms. The van der Waals surface area contributed by atoms with Crippen LogP contribution in [0.4, 0.5) is 0 Å². The van der Waals surface area contributed by atoms with Crippen LogP contribution in [0, 0.1) is 82.9 Å². The van der Waals surface area contributed by atoms with Crippen molar-refractivity contribution in [1.29, 1.82) is 0 Å². The second kappa shape index (κ2) is 24.2. The quantitative estimate of drug-likeness (QED) is 0.228. The van der Waals surface area contributed by atoms with Crippen LogP contribution in [-0.4, -0.2) is 129 Å². The molecule has 35 atom stereocenters. The van der Waals surface area contributed by atoms with Crippen molar-refractivity contribution in [1.82, 2.24) is 0 Å². The molecule has 422 valence electrons. The summed E-state index contributed by atoms with van der Waals surface area (Å²) >= 11 is 0. The second-order valence-corrected chi connectivity index (χ2v) is 24.7. The van der Waals surface area contributed by atoms with Gasteiger partial charge in [0.1, 0.15) is 0 Å². The Morgan fingerprint density at radius 2 is 0.236 bits per heavy atom. The van der Waals surface area contributed by atoms with E-state index < -0.39 is 44.0 Å². The number of hydrogen-bond donors (Lipinski definition) is 0. The van der Waals surface area contributed by atoms with Crippen molar-refractivity contribution >= 4 is 0 Å². The fourth-order valence-corrected chi connectivity index (χ4v) is 13.5. The summed E-state index contributed by atoms with van der Waals surface area (Å²) in [5.41, 5.74) is 0. The van der Waals surface area contributed by atoms with Crippen LogP contribution >= 0.6 is 0 Å². The topological polar surface area (TPSA) is 129 Å². The zero-order valence-electron chi connectivity index (χ0n) is 46.9. The van der Waals surface area contributed by atoms with Gasteiger partial charge in [0.15, 0.2) is 44.0 Å². The van der Waals surface area contributed by atoms with Crippen molar-refractivity contribution in [3.8, 4) is 0 Å². The summed E-state index contributed by atoms with van der Waals surface area (Å²) in [7, 11) is 0. The fourth-order valence-electron chi connectivity index (χ4n) is 13.5. The summed E-state index contributed by atoms with van der Waals surface area (Å²) < 4.78 is 96.1. The van der Waals surface area contributed by atoms with Crippen molar-refractivity contribution in [2.45, 2.75) is 290 Å². The first kappa shape index (κ1) is 60.7. The zero-order chi connectivity index (χ0) is 51.1. The molecule has 0 aromatic carbocycles. The molecule has 21 aliphatic rings. The average Bonchev–Trinajstić information content (AvgIpc) is 3.31. The lowest BCUT2D eigenvalue weighted by Crippen LogP contribution is -2.59. The van der Waals surface area contributed by atoms with E-state index in [0.29, 0.717) is 0 Å². The first-order chi connectivity index (χ1) is 32.9. The zero-order valence-corrected chi connectivity index (χ0v) is 46.9. The van der Waals surface area contributed by atoms with Crippen LogP contribution in [0.1, 0.15) is 160 Å². The van der Waals surface area contributed by atoms with Crippen molar-refractivity contribution in [3.05, 3.63) is 0 Å². The molecule has 14 nitrogen and oxygen atoms in total. The van der Waals surface area contributed by atoms with Gasteiger partial charge in [-0.2, -0.15) is 0 Å². The van der Waals surface area contributed by atoms with E-state index in [2.05, 4.69) is 145 Å². The number of ether oxygens (including phenoxy) is 14. The normalized spacial score (nSPS) is 58.0. The van der Waals surface area contributed by atoms with Crippen LogP contribution in [0.15, 0.2) is 0 Å². The van der Waals surface area contributed by atoms with Gasteiger partial charge < -0.3 is 66.3 Å². The summed E-state index contributed by atoms with van der Waals surface area (Å²) in [6, 6.07) is 0. The minimum Gasteiger partial charge on any atom is -0.347 e. The van der Waals surface area contributed by atoms with Crippen molar-refractivity contribution in [3.63, 3.8) is 0 Å². The SMILES string of the molecule is C.C.CC1OC2OC3C(C)OC(OC4C(C)OC(OC5C(C)OC(OC6C(C)OC(OC7C(C)OC(OC8C(C)OC(OC1C(C)C2C)C(C)C8C)C(C)C7C)C(C)C6C)C(C)C5C)C(C)C4C)C(C)C3C. The first-order valence-corrected chi connectivity index (χ1v) is 28.1. The van der Waals surface area contributed by atoms with Crippen molar-refractivity contribution in [2.75, 3.05) is 0 Å². The Bertz CT molecular complexity index is 1360. The molecule has 21 saturated heterocycles. The maximum atomic E-state index is 6.97. The van der Waals surface area contributed by atoms with Gasteiger partial charge in [-0.05, 0) is 89.9 Å². The molecule has 21 heterocycles. The van der Waals surface area contributed by atoms with Gasteiger partial charge in [0.05, 0.1) is 85.5 Å². The Hall–Kier alpha value is -0.560. The molecule has 21 rings (SSSR count). The Balaban J connectivity index is 0.00000423. The van der Waals surface area contributed by atoms with Crippen LogP contribution in [0.5, 0.6) is 0 Å². The summed E-state index contributed by atoms with van der Waals surface area (Å²) in [4.78, 5) is 0. The van der Waals surface area contributed by atoms with Gasteiger partial charge >= 0.3 is 0 Å². The van der Waals surface area contributed by atoms with Gasteiger partial charge in [-0.25, -0.2) is 0 Å². The van der Waals surface area contributed by atoms with Gasteiger partial charge in [0.2, 0.25) is 0 Å². The molecule has 0 saturated carbocycles. The average molecular weight is 1030 g/mol. The van der Waals surface area contributed by atoms with E-state index in [-0.39, 0.29) is 183 Å². The molecule has 14 heteroatoms. The summed E-state index contributed by atoms with van der Waals surface area (Å²) in [6.07, 6.45) is -5.78. The van der Waals surface area contributed by atoms with Gasteiger partial charge in [0.25, 0.3) is 0 Å². The molecule has 35 unspecified atom stereocenters. The van der Waals surface area contributed by atoms with Crippen LogP contribution < -0.4 is 0 Å². The molecule has 21 aliphatic heterocycles. The third-order valence-corrected chi connectivity index (χ3v) is 20.2. The molecule has 0 radical (unpaired) electrons. The van der Waals surface area contributed by atoms with Gasteiger partial charge in [-0.3, -0.25) is 0 Å². The summed E-state index contributed by atoms with van der Waals surface area (Å²) in [5, 5.41) is 0. The van der Waals surface area contributed by atoms with E-state index in [0.717, 1.165) is 0 Å².